The molecular weight excluding hydrogens is 322 g/mol. The van der Waals surface area contributed by atoms with Gasteiger partial charge in [0.1, 0.15) is 0 Å². The van der Waals surface area contributed by atoms with Gasteiger partial charge in [-0.25, -0.2) is 8.42 Å². The van der Waals surface area contributed by atoms with Crippen molar-refractivity contribution >= 4 is 33.0 Å². The Morgan fingerprint density at radius 2 is 1.73 bits per heavy atom. The van der Waals surface area contributed by atoms with Crippen molar-refractivity contribution in [3.8, 4) is 0 Å². The molecule has 1 N–H and O–H groups in total. The van der Waals surface area contributed by atoms with Crippen LogP contribution < -0.4 is 5.32 Å². The van der Waals surface area contributed by atoms with E-state index in [9.17, 15) is 13.2 Å². The number of carbonyl (C=O) groups excluding carboxylic acids is 1. The zero-order valence-electron chi connectivity index (χ0n) is 12.2. The molecule has 0 bridgehead atoms. The van der Waals surface area contributed by atoms with E-state index < -0.39 is 15.1 Å². The standard InChI is InChI=1S/C16H16ClNO3S/c1-11(2)22(20,21)15-8-6-12(7-9-15)16(19)18-14-5-3-4-13(17)10-14/h3-11H,1-2H3,(H,18,19). The van der Waals surface area contributed by atoms with Gasteiger partial charge in [-0.2, -0.15) is 0 Å². The van der Waals surface area contributed by atoms with Gasteiger partial charge < -0.3 is 5.32 Å². The van der Waals surface area contributed by atoms with Crippen LogP contribution in [0.5, 0.6) is 0 Å². The first-order valence-electron chi connectivity index (χ1n) is 6.71. The van der Waals surface area contributed by atoms with Gasteiger partial charge >= 0.3 is 0 Å². The second-order valence-corrected chi connectivity index (χ2v) is 8.02. The van der Waals surface area contributed by atoms with Crippen molar-refractivity contribution in [3.05, 3.63) is 59.1 Å². The van der Waals surface area contributed by atoms with Crippen molar-refractivity contribution in [1.82, 2.24) is 0 Å². The van der Waals surface area contributed by atoms with E-state index >= 15 is 0 Å². The molecule has 2 aromatic carbocycles. The highest BCUT2D eigenvalue weighted by atomic mass is 35.5. The molecule has 0 aliphatic carbocycles. The van der Waals surface area contributed by atoms with Gasteiger partial charge in [-0.1, -0.05) is 17.7 Å². The van der Waals surface area contributed by atoms with E-state index in [1.165, 1.54) is 24.3 Å². The Balaban J connectivity index is 2.19. The minimum absolute atomic E-state index is 0.210. The van der Waals surface area contributed by atoms with Crippen LogP contribution in [0.2, 0.25) is 5.02 Å². The predicted octanol–water partition coefficient (Wildman–Crippen LogP) is 3.77. The zero-order chi connectivity index (χ0) is 16.3. The lowest BCUT2D eigenvalue weighted by atomic mass is 10.2. The molecule has 2 aromatic rings. The summed E-state index contributed by atoms with van der Waals surface area (Å²) in [7, 11) is -3.33. The molecule has 22 heavy (non-hydrogen) atoms. The Kier molecular flexibility index (Phi) is 4.88. The van der Waals surface area contributed by atoms with Gasteiger partial charge in [-0.15, -0.1) is 0 Å². The first-order valence-corrected chi connectivity index (χ1v) is 8.64. The Morgan fingerprint density at radius 3 is 2.27 bits per heavy atom. The number of hydrogen-bond acceptors (Lipinski definition) is 3. The summed E-state index contributed by atoms with van der Waals surface area (Å²) >= 11 is 5.86. The lowest BCUT2D eigenvalue weighted by Gasteiger charge is -2.09. The normalized spacial score (nSPS) is 11.5. The predicted molar refractivity (Wildman–Crippen MR) is 88.2 cm³/mol. The molecule has 4 nitrogen and oxygen atoms in total. The fraction of sp³-hybridized carbons (Fsp3) is 0.188. The average Bonchev–Trinajstić information content (AvgIpc) is 2.47. The van der Waals surface area contributed by atoms with E-state index in [-0.39, 0.29) is 10.8 Å². The molecule has 1 amide bonds. The summed E-state index contributed by atoms with van der Waals surface area (Å²) in [5.74, 6) is -0.323. The van der Waals surface area contributed by atoms with Gasteiger partial charge in [0.15, 0.2) is 9.84 Å². The quantitative estimate of drug-likeness (QED) is 0.923. The number of sulfone groups is 1. The van der Waals surface area contributed by atoms with Crippen LogP contribution >= 0.6 is 11.6 Å². The largest absolute Gasteiger partial charge is 0.322 e. The number of nitrogens with one attached hydrogen (secondary N) is 1. The summed E-state index contributed by atoms with van der Waals surface area (Å²) < 4.78 is 24.1. The molecule has 0 fully saturated rings. The summed E-state index contributed by atoms with van der Waals surface area (Å²) in [6.07, 6.45) is 0. The number of amides is 1. The zero-order valence-corrected chi connectivity index (χ0v) is 13.8. The van der Waals surface area contributed by atoms with Crippen LogP contribution in [0, 0.1) is 0 Å². The smallest absolute Gasteiger partial charge is 0.255 e. The monoisotopic (exact) mass is 337 g/mol. The first-order chi connectivity index (χ1) is 10.3. The topological polar surface area (TPSA) is 63.2 Å². The molecule has 116 valence electrons. The van der Waals surface area contributed by atoms with Crippen LogP contribution in [0.1, 0.15) is 24.2 Å². The lowest BCUT2D eigenvalue weighted by Crippen LogP contribution is -2.15. The maximum absolute atomic E-state index is 12.1. The van der Waals surface area contributed by atoms with E-state index in [0.29, 0.717) is 16.3 Å². The van der Waals surface area contributed by atoms with Crippen molar-refractivity contribution in [3.63, 3.8) is 0 Å². The Hall–Kier alpha value is -1.85. The fourth-order valence-corrected chi connectivity index (χ4v) is 3.09. The number of anilines is 1. The van der Waals surface area contributed by atoms with Crippen LogP contribution in [0.25, 0.3) is 0 Å². The third kappa shape index (κ3) is 3.67. The highest BCUT2D eigenvalue weighted by Crippen LogP contribution is 2.18. The Morgan fingerprint density at radius 1 is 1.09 bits per heavy atom. The van der Waals surface area contributed by atoms with Gasteiger partial charge in [0.05, 0.1) is 10.1 Å². The average molecular weight is 338 g/mol. The first kappa shape index (κ1) is 16.5. The highest BCUT2D eigenvalue weighted by molar-refractivity contribution is 7.92. The number of rotatable bonds is 4. The summed E-state index contributed by atoms with van der Waals surface area (Å²) in [5.41, 5.74) is 0.957. The molecule has 0 atom stereocenters. The van der Waals surface area contributed by atoms with Gasteiger partial charge in [0.2, 0.25) is 0 Å². The lowest BCUT2D eigenvalue weighted by molar-refractivity contribution is 0.102. The molecule has 0 saturated heterocycles. The molecule has 0 saturated carbocycles. The molecule has 0 spiro atoms. The molecule has 0 unspecified atom stereocenters. The second kappa shape index (κ2) is 6.50. The van der Waals surface area contributed by atoms with E-state index in [1.54, 1.807) is 38.1 Å². The van der Waals surface area contributed by atoms with E-state index in [1.807, 2.05) is 0 Å². The summed E-state index contributed by atoms with van der Waals surface area (Å²) in [6, 6.07) is 12.7. The molecular formula is C16H16ClNO3S. The minimum atomic E-state index is -3.33. The van der Waals surface area contributed by atoms with E-state index in [4.69, 9.17) is 11.6 Å². The molecule has 0 aliphatic heterocycles. The fourth-order valence-electron chi connectivity index (χ4n) is 1.84. The van der Waals surface area contributed by atoms with Crippen LogP contribution in [-0.2, 0) is 9.84 Å². The van der Waals surface area contributed by atoms with Crippen LogP contribution in [0.3, 0.4) is 0 Å². The van der Waals surface area contributed by atoms with E-state index in [2.05, 4.69) is 5.32 Å². The highest BCUT2D eigenvalue weighted by Gasteiger charge is 2.19. The number of hydrogen-bond donors (Lipinski definition) is 1. The number of benzene rings is 2. The Bertz CT molecular complexity index is 783. The number of carbonyl (C=O) groups is 1. The maximum atomic E-state index is 12.1. The van der Waals surface area contributed by atoms with Gasteiger partial charge in [-0.3, -0.25) is 4.79 Å². The molecule has 0 heterocycles. The van der Waals surface area contributed by atoms with Gasteiger partial charge in [0, 0.05) is 16.3 Å². The molecule has 0 radical (unpaired) electrons. The molecule has 0 aromatic heterocycles. The minimum Gasteiger partial charge on any atom is -0.322 e. The van der Waals surface area contributed by atoms with Crippen LogP contribution in [-0.4, -0.2) is 19.6 Å². The summed E-state index contributed by atoms with van der Waals surface area (Å²) in [6.45, 7) is 3.24. The molecule has 0 aliphatic rings. The number of halogens is 1. The Labute approximate surface area is 135 Å². The third-order valence-electron chi connectivity index (χ3n) is 3.15. The van der Waals surface area contributed by atoms with Crippen LogP contribution in [0.15, 0.2) is 53.4 Å². The van der Waals surface area contributed by atoms with Crippen molar-refractivity contribution in [2.75, 3.05) is 5.32 Å². The van der Waals surface area contributed by atoms with Gasteiger partial charge in [-0.05, 0) is 56.3 Å². The van der Waals surface area contributed by atoms with Crippen molar-refractivity contribution < 1.29 is 13.2 Å². The van der Waals surface area contributed by atoms with Crippen molar-refractivity contribution in [2.24, 2.45) is 0 Å². The van der Waals surface area contributed by atoms with Crippen molar-refractivity contribution in [1.29, 1.82) is 0 Å². The second-order valence-electron chi connectivity index (χ2n) is 5.08. The van der Waals surface area contributed by atoms with E-state index in [0.717, 1.165) is 0 Å². The molecule has 6 heteroatoms. The summed E-state index contributed by atoms with van der Waals surface area (Å²) in [4.78, 5) is 12.3. The van der Waals surface area contributed by atoms with Gasteiger partial charge in [0.25, 0.3) is 5.91 Å². The summed E-state index contributed by atoms with van der Waals surface area (Å²) in [5, 5.41) is 2.73. The maximum Gasteiger partial charge on any atom is 0.255 e. The van der Waals surface area contributed by atoms with Crippen LogP contribution in [0.4, 0.5) is 5.69 Å². The third-order valence-corrected chi connectivity index (χ3v) is 5.55. The van der Waals surface area contributed by atoms with Crippen molar-refractivity contribution in [2.45, 2.75) is 24.0 Å². The molecule has 2 rings (SSSR count). The SMILES string of the molecule is CC(C)S(=O)(=O)c1ccc(C(=O)Nc2cccc(Cl)c2)cc1.